The van der Waals surface area contributed by atoms with E-state index in [0.717, 1.165) is 6.42 Å². The first-order valence-electron chi connectivity index (χ1n) is 6.22. The van der Waals surface area contributed by atoms with Gasteiger partial charge in [-0.05, 0) is 30.9 Å². The second-order valence-electron chi connectivity index (χ2n) is 4.66. The Bertz CT molecular complexity index is 585. The van der Waals surface area contributed by atoms with Crippen LogP contribution < -0.4 is 0 Å². The van der Waals surface area contributed by atoms with Crippen LogP contribution in [0.4, 0.5) is 0 Å². The molecule has 1 heterocycles. The minimum absolute atomic E-state index is 0.0178. The molecular weight excluding hydrogens is 278 g/mol. The smallest absolute Gasteiger partial charge is 0.335 e. The van der Waals surface area contributed by atoms with Crippen LogP contribution in [-0.2, 0) is 0 Å². The third-order valence-electron chi connectivity index (χ3n) is 3.38. The minimum atomic E-state index is -1.11. The molecule has 20 heavy (non-hydrogen) atoms. The maximum atomic E-state index is 12.2. The van der Waals surface area contributed by atoms with Crippen LogP contribution in [0.1, 0.15) is 44.4 Å². The molecule has 106 valence electrons. The van der Waals surface area contributed by atoms with E-state index in [9.17, 15) is 14.4 Å². The number of carbonyl (C=O) groups is 3. The third-order valence-corrected chi connectivity index (χ3v) is 4.42. The molecule has 0 radical (unpaired) electrons. The van der Waals surface area contributed by atoms with Crippen molar-refractivity contribution in [3.63, 3.8) is 0 Å². The molecule has 2 rings (SSSR count). The number of aromatic carboxylic acids is 1. The summed E-state index contributed by atoms with van der Waals surface area (Å²) in [7, 11) is 0. The maximum absolute atomic E-state index is 12.2. The van der Waals surface area contributed by atoms with Gasteiger partial charge in [0.2, 0.25) is 0 Å². The van der Waals surface area contributed by atoms with Crippen LogP contribution in [0.25, 0.3) is 0 Å². The lowest BCUT2D eigenvalue weighted by Gasteiger charge is -2.15. The highest BCUT2D eigenvalue weighted by atomic mass is 32.2. The molecule has 0 saturated carbocycles. The van der Waals surface area contributed by atoms with Crippen molar-refractivity contribution in [3.8, 4) is 0 Å². The standard InChI is InChI=1S/C14H15NO4S/c1-8(20-2)5-6-15-12(16)10-4-3-9(14(18)19)7-11(10)13(15)17/h3-4,7-8H,5-6H2,1-2H3,(H,18,19). The van der Waals surface area contributed by atoms with E-state index in [4.69, 9.17) is 5.11 Å². The minimum Gasteiger partial charge on any atom is -0.478 e. The highest BCUT2D eigenvalue weighted by Gasteiger charge is 2.35. The van der Waals surface area contributed by atoms with Gasteiger partial charge in [-0.15, -0.1) is 0 Å². The van der Waals surface area contributed by atoms with E-state index < -0.39 is 11.9 Å². The van der Waals surface area contributed by atoms with E-state index in [1.165, 1.54) is 23.1 Å². The summed E-state index contributed by atoms with van der Waals surface area (Å²) in [5, 5.41) is 9.29. The van der Waals surface area contributed by atoms with Gasteiger partial charge in [-0.25, -0.2) is 4.79 Å². The van der Waals surface area contributed by atoms with Crippen LogP contribution in [0.15, 0.2) is 18.2 Å². The fraction of sp³-hybridized carbons (Fsp3) is 0.357. The average Bonchev–Trinajstić information content (AvgIpc) is 2.68. The summed E-state index contributed by atoms with van der Waals surface area (Å²) in [6, 6.07) is 4.04. The summed E-state index contributed by atoms with van der Waals surface area (Å²) in [4.78, 5) is 36.4. The first-order chi connectivity index (χ1) is 9.45. The summed E-state index contributed by atoms with van der Waals surface area (Å²) < 4.78 is 0. The third kappa shape index (κ3) is 2.56. The molecular formula is C14H15NO4S. The van der Waals surface area contributed by atoms with Crippen LogP contribution >= 0.6 is 11.8 Å². The van der Waals surface area contributed by atoms with Crippen molar-refractivity contribution in [2.75, 3.05) is 12.8 Å². The SMILES string of the molecule is CSC(C)CCN1C(=O)c2ccc(C(=O)O)cc2C1=O. The highest BCUT2D eigenvalue weighted by Crippen LogP contribution is 2.25. The largest absolute Gasteiger partial charge is 0.478 e. The molecule has 1 atom stereocenters. The van der Waals surface area contributed by atoms with Crippen molar-refractivity contribution in [2.45, 2.75) is 18.6 Å². The van der Waals surface area contributed by atoms with Gasteiger partial charge in [0.1, 0.15) is 0 Å². The van der Waals surface area contributed by atoms with E-state index in [2.05, 4.69) is 0 Å². The molecule has 0 fully saturated rings. The molecule has 0 aromatic heterocycles. The predicted octanol–water partition coefficient (Wildman–Crippen LogP) is 2.12. The lowest BCUT2D eigenvalue weighted by molar-refractivity contribution is 0.0651. The number of benzene rings is 1. The van der Waals surface area contributed by atoms with Gasteiger partial charge in [0, 0.05) is 11.8 Å². The van der Waals surface area contributed by atoms with Gasteiger partial charge >= 0.3 is 5.97 Å². The Labute approximate surface area is 121 Å². The van der Waals surface area contributed by atoms with Crippen LogP contribution in [0.2, 0.25) is 0 Å². The highest BCUT2D eigenvalue weighted by molar-refractivity contribution is 7.99. The number of hydrogen-bond acceptors (Lipinski definition) is 4. The van der Waals surface area contributed by atoms with Gasteiger partial charge in [-0.1, -0.05) is 6.92 Å². The van der Waals surface area contributed by atoms with Crippen molar-refractivity contribution in [3.05, 3.63) is 34.9 Å². The predicted molar refractivity (Wildman–Crippen MR) is 76.4 cm³/mol. The monoisotopic (exact) mass is 293 g/mol. The normalized spacial score (nSPS) is 15.4. The number of hydrogen-bond donors (Lipinski definition) is 1. The van der Waals surface area contributed by atoms with Crippen molar-refractivity contribution >= 4 is 29.5 Å². The van der Waals surface area contributed by atoms with E-state index in [1.807, 2.05) is 13.2 Å². The molecule has 6 heteroatoms. The van der Waals surface area contributed by atoms with Gasteiger partial charge in [0.05, 0.1) is 16.7 Å². The van der Waals surface area contributed by atoms with Crippen LogP contribution in [0, 0.1) is 0 Å². The van der Waals surface area contributed by atoms with E-state index >= 15 is 0 Å². The van der Waals surface area contributed by atoms with Crippen LogP contribution in [-0.4, -0.2) is 45.8 Å². The Hall–Kier alpha value is -1.82. The molecule has 0 aliphatic carbocycles. The Morgan fingerprint density at radius 1 is 1.30 bits per heavy atom. The summed E-state index contributed by atoms with van der Waals surface area (Å²) in [5.74, 6) is -1.85. The van der Waals surface area contributed by atoms with E-state index in [1.54, 1.807) is 11.8 Å². The number of carboxylic acid groups (broad SMARTS) is 1. The van der Waals surface area contributed by atoms with Gasteiger partial charge in [0.25, 0.3) is 11.8 Å². The van der Waals surface area contributed by atoms with Gasteiger partial charge < -0.3 is 5.11 Å². The van der Waals surface area contributed by atoms with Gasteiger partial charge in [-0.3, -0.25) is 14.5 Å². The Morgan fingerprint density at radius 2 is 1.95 bits per heavy atom. The quantitative estimate of drug-likeness (QED) is 0.842. The molecule has 0 bridgehead atoms. The summed E-state index contributed by atoms with van der Waals surface area (Å²) >= 11 is 1.67. The molecule has 1 unspecified atom stereocenters. The zero-order chi connectivity index (χ0) is 14.9. The van der Waals surface area contributed by atoms with Crippen molar-refractivity contribution < 1.29 is 19.5 Å². The number of rotatable bonds is 5. The lowest BCUT2D eigenvalue weighted by atomic mass is 10.1. The molecule has 0 spiro atoms. The Kier molecular flexibility index (Phi) is 4.13. The Morgan fingerprint density at radius 3 is 2.55 bits per heavy atom. The molecule has 1 aromatic carbocycles. The van der Waals surface area contributed by atoms with Crippen molar-refractivity contribution in [1.82, 2.24) is 4.90 Å². The van der Waals surface area contributed by atoms with E-state index in [0.29, 0.717) is 11.8 Å². The molecule has 1 aromatic rings. The lowest BCUT2D eigenvalue weighted by Crippen LogP contribution is -2.31. The zero-order valence-corrected chi connectivity index (χ0v) is 12.1. The molecule has 2 amide bonds. The first kappa shape index (κ1) is 14.6. The maximum Gasteiger partial charge on any atom is 0.335 e. The second-order valence-corrected chi connectivity index (χ2v) is 5.94. The molecule has 5 nitrogen and oxygen atoms in total. The number of amides is 2. The first-order valence-corrected chi connectivity index (χ1v) is 7.50. The summed E-state index contributed by atoms with van der Waals surface area (Å²) in [5.41, 5.74) is 0.493. The molecule has 1 aliphatic rings. The van der Waals surface area contributed by atoms with Crippen LogP contribution in [0.3, 0.4) is 0 Å². The zero-order valence-electron chi connectivity index (χ0n) is 11.3. The van der Waals surface area contributed by atoms with Gasteiger partial charge in [-0.2, -0.15) is 11.8 Å². The topological polar surface area (TPSA) is 74.7 Å². The summed E-state index contributed by atoms with van der Waals surface area (Å²) in [6.07, 6.45) is 2.70. The number of carboxylic acids is 1. The second kappa shape index (κ2) is 5.66. The number of thioether (sulfide) groups is 1. The van der Waals surface area contributed by atoms with Gasteiger partial charge in [0.15, 0.2) is 0 Å². The fourth-order valence-electron chi connectivity index (χ4n) is 2.06. The molecule has 1 aliphatic heterocycles. The number of fused-ring (bicyclic) bond motifs is 1. The van der Waals surface area contributed by atoms with E-state index in [-0.39, 0.29) is 22.6 Å². The summed E-state index contributed by atoms with van der Waals surface area (Å²) in [6.45, 7) is 2.39. The van der Waals surface area contributed by atoms with Crippen LogP contribution in [0.5, 0.6) is 0 Å². The average molecular weight is 293 g/mol. The van der Waals surface area contributed by atoms with Crippen molar-refractivity contribution in [2.24, 2.45) is 0 Å². The number of carbonyl (C=O) groups excluding carboxylic acids is 2. The molecule has 1 N–H and O–H groups in total. The number of nitrogens with zero attached hydrogens (tertiary/aromatic N) is 1. The van der Waals surface area contributed by atoms with Crippen molar-refractivity contribution in [1.29, 1.82) is 0 Å². The number of imide groups is 1. The fourth-order valence-corrected chi connectivity index (χ4v) is 2.40. The Balaban J connectivity index is 2.24. The molecule has 0 saturated heterocycles.